The van der Waals surface area contributed by atoms with Crippen molar-refractivity contribution in [1.82, 2.24) is 9.80 Å². The first-order valence-corrected chi connectivity index (χ1v) is 8.39. The number of amides is 3. The first-order chi connectivity index (χ1) is 11.4. The van der Waals surface area contributed by atoms with Gasteiger partial charge >= 0.3 is 6.03 Å². The van der Waals surface area contributed by atoms with Gasteiger partial charge < -0.3 is 14.7 Å². The van der Waals surface area contributed by atoms with Crippen LogP contribution in [0.1, 0.15) is 29.5 Å². The van der Waals surface area contributed by atoms with Crippen LogP contribution in [0.5, 0.6) is 5.75 Å². The molecule has 0 unspecified atom stereocenters. The second-order valence-corrected chi connectivity index (χ2v) is 6.70. The number of β-amino-alcohol motifs (C(OH)–C–C–N with tert-alkyl or cyclic N) is 1. The molecule has 6 nitrogen and oxygen atoms in total. The minimum atomic E-state index is -0.905. The predicted octanol–water partition coefficient (Wildman–Crippen LogP) is 1.78. The molecule has 0 aromatic heterocycles. The number of benzene rings is 1. The third-order valence-corrected chi connectivity index (χ3v) is 4.97. The van der Waals surface area contributed by atoms with Crippen LogP contribution in [-0.4, -0.2) is 58.7 Å². The van der Waals surface area contributed by atoms with Crippen molar-refractivity contribution in [3.63, 3.8) is 0 Å². The highest BCUT2D eigenvalue weighted by Gasteiger charge is 2.47. The highest BCUT2D eigenvalue weighted by atomic mass is 16.5. The van der Waals surface area contributed by atoms with Gasteiger partial charge in [0, 0.05) is 6.54 Å². The minimum Gasteiger partial charge on any atom is -0.490 e. The molecule has 1 N–H and O–H groups in total. The highest BCUT2D eigenvalue weighted by Crippen LogP contribution is 2.28. The van der Waals surface area contributed by atoms with Crippen molar-refractivity contribution < 1.29 is 19.4 Å². The Bertz CT molecular complexity index is 651. The summed E-state index contributed by atoms with van der Waals surface area (Å²) in [7, 11) is 0. The van der Waals surface area contributed by atoms with Gasteiger partial charge in [0.25, 0.3) is 5.91 Å². The zero-order valence-electron chi connectivity index (χ0n) is 14.4. The Kier molecular flexibility index (Phi) is 4.49. The molecule has 0 saturated carbocycles. The SMILES string of the molecule is Cc1ccc(C)c(OC[C@H](O)CN2C(=O)[C@H]3CCCN3C2=O)c1C. The molecule has 1 aromatic rings. The van der Waals surface area contributed by atoms with Gasteiger partial charge in [-0.05, 0) is 50.3 Å². The smallest absolute Gasteiger partial charge is 0.327 e. The van der Waals surface area contributed by atoms with Crippen LogP contribution in [0.2, 0.25) is 0 Å². The molecular formula is C18H24N2O4. The van der Waals surface area contributed by atoms with Crippen LogP contribution < -0.4 is 4.74 Å². The Hall–Kier alpha value is -2.08. The summed E-state index contributed by atoms with van der Waals surface area (Å²) in [5, 5.41) is 10.2. The molecule has 1 aromatic carbocycles. The van der Waals surface area contributed by atoms with E-state index < -0.39 is 6.10 Å². The zero-order chi connectivity index (χ0) is 17.4. The van der Waals surface area contributed by atoms with Crippen molar-refractivity contribution in [2.75, 3.05) is 19.7 Å². The van der Waals surface area contributed by atoms with Gasteiger partial charge in [0.2, 0.25) is 0 Å². The van der Waals surface area contributed by atoms with Crippen molar-refractivity contribution in [3.05, 3.63) is 28.8 Å². The lowest BCUT2D eigenvalue weighted by molar-refractivity contribution is -0.129. The van der Waals surface area contributed by atoms with Crippen LogP contribution in [0.3, 0.4) is 0 Å². The van der Waals surface area contributed by atoms with E-state index in [0.717, 1.165) is 40.2 Å². The number of hydrogen-bond donors (Lipinski definition) is 1. The molecule has 0 aliphatic carbocycles. The highest BCUT2D eigenvalue weighted by molar-refractivity contribution is 6.04. The molecule has 3 rings (SSSR count). The Morgan fingerprint density at radius 3 is 2.67 bits per heavy atom. The maximum absolute atomic E-state index is 12.3. The number of imide groups is 1. The number of fused-ring (bicyclic) bond motifs is 1. The summed E-state index contributed by atoms with van der Waals surface area (Å²) in [5.41, 5.74) is 3.16. The fourth-order valence-electron chi connectivity index (χ4n) is 3.44. The Morgan fingerprint density at radius 2 is 1.96 bits per heavy atom. The number of ether oxygens (including phenoxy) is 1. The number of carbonyl (C=O) groups is 2. The summed E-state index contributed by atoms with van der Waals surface area (Å²) in [6, 6.07) is 3.39. The molecule has 0 radical (unpaired) electrons. The van der Waals surface area contributed by atoms with Gasteiger partial charge in [-0.2, -0.15) is 0 Å². The number of rotatable bonds is 5. The van der Waals surface area contributed by atoms with Crippen LogP contribution in [0.25, 0.3) is 0 Å². The van der Waals surface area contributed by atoms with E-state index in [1.54, 1.807) is 4.90 Å². The molecule has 0 bridgehead atoms. The van der Waals surface area contributed by atoms with E-state index in [1.165, 1.54) is 0 Å². The van der Waals surface area contributed by atoms with E-state index >= 15 is 0 Å². The number of urea groups is 1. The number of hydrogen-bond acceptors (Lipinski definition) is 4. The molecule has 2 aliphatic heterocycles. The summed E-state index contributed by atoms with van der Waals surface area (Å²) >= 11 is 0. The average molecular weight is 332 g/mol. The van der Waals surface area contributed by atoms with Gasteiger partial charge in [0.05, 0.1) is 6.54 Å². The maximum Gasteiger partial charge on any atom is 0.327 e. The van der Waals surface area contributed by atoms with Crippen molar-refractivity contribution in [1.29, 1.82) is 0 Å². The predicted molar refractivity (Wildman–Crippen MR) is 89.0 cm³/mol. The third kappa shape index (κ3) is 2.86. The van der Waals surface area contributed by atoms with Crippen molar-refractivity contribution in [2.24, 2.45) is 0 Å². The van der Waals surface area contributed by atoms with Gasteiger partial charge in [-0.15, -0.1) is 0 Å². The Balaban J connectivity index is 1.61. The average Bonchev–Trinajstić information content (AvgIpc) is 3.11. The van der Waals surface area contributed by atoms with E-state index in [2.05, 4.69) is 0 Å². The standard InChI is InChI=1S/C18H24N2O4/c1-11-6-7-12(2)16(13(11)3)24-10-14(21)9-20-17(22)15-5-4-8-19(15)18(20)23/h6-7,14-15,21H,4-5,8-10H2,1-3H3/t14-,15-/m1/s1. The molecule has 2 aliphatic rings. The molecule has 2 saturated heterocycles. The van der Waals surface area contributed by atoms with Crippen molar-refractivity contribution in [2.45, 2.75) is 45.8 Å². The van der Waals surface area contributed by atoms with Gasteiger partial charge in [-0.3, -0.25) is 9.69 Å². The summed E-state index contributed by atoms with van der Waals surface area (Å²) in [4.78, 5) is 27.3. The number of aliphatic hydroxyl groups excluding tert-OH is 1. The largest absolute Gasteiger partial charge is 0.490 e. The van der Waals surface area contributed by atoms with Crippen LogP contribution in [-0.2, 0) is 4.79 Å². The molecule has 2 fully saturated rings. The molecule has 6 heteroatoms. The van der Waals surface area contributed by atoms with Crippen LogP contribution >= 0.6 is 0 Å². The Morgan fingerprint density at radius 1 is 1.25 bits per heavy atom. The number of aliphatic hydroxyl groups is 1. The van der Waals surface area contributed by atoms with Crippen molar-refractivity contribution in [3.8, 4) is 5.75 Å². The van der Waals surface area contributed by atoms with Gasteiger partial charge in [-0.25, -0.2) is 4.79 Å². The lowest BCUT2D eigenvalue weighted by atomic mass is 10.1. The second kappa shape index (κ2) is 6.43. The molecule has 2 heterocycles. The van der Waals surface area contributed by atoms with E-state index in [-0.39, 0.29) is 31.1 Å². The molecule has 0 spiro atoms. The lowest BCUT2D eigenvalue weighted by Crippen LogP contribution is -2.41. The van der Waals surface area contributed by atoms with E-state index in [4.69, 9.17) is 4.74 Å². The first-order valence-electron chi connectivity index (χ1n) is 8.39. The van der Waals surface area contributed by atoms with Gasteiger partial charge in [0.15, 0.2) is 0 Å². The summed E-state index contributed by atoms with van der Waals surface area (Å²) in [5.74, 6) is 0.563. The van der Waals surface area contributed by atoms with Gasteiger partial charge in [-0.1, -0.05) is 12.1 Å². The van der Waals surface area contributed by atoms with Crippen molar-refractivity contribution >= 4 is 11.9 Å². The van der Waals surface area contributed by atoms with Gasteiger partial charge in [0.1, 0.15) is 24.5 Å². The molecule has 3 amide bonds. The summed E-state index contributed by atoms with van der Waals surface area (Å²) < 4.78 is 5.77. The monoisotopic (exact) mass is 332 g/mol. The second-order valence-electron chi connectivity index (χ2n) is 6.70. The topological polar surface area (TPSA) is 70.1 Å². The van der Waals surface area contributed by atoms with Crippen LogP contribution in [0.15, 0.2) is 12.1 Å². The summed E-state index contributed by atoms with van der Waals surface area (Å²) in [6.07, 6.45) is 0.681. The molecular weight excluding hydrogens is 308 g/mol. The van der Waals surface area contributed by atoms with Crippen LogP contribution in [0.4, 0.5) is 4.79 Å². The number of nitrogens with zero attached hydrogens (tertiary/aromatic N) is 2. The normalized spacial score (nSPS) is 21.4. The lowest BCUT2D eigenvalue weighted by Gasteiger charge is -2.21. The maximum atomic E-state index is 12.3. The molecule has 24 heavy (non-hydrogen) atoms. The molecule has 2 atom stereocenters. The molecule has 130 valence electrons. The summed E-state index contributed by atoms with van der Waals surface area (Å²) in [6.45, 7) is 6.59. The first kappa shape index (κ1) is 16.8. The fourth-order valence-corrected chi connectivity index (χ4v) is 3.44. The van der Waals surface area contributed by atoms with E-state index in [0.29, 0.717) is 6.54 Å². The Labute approximate surface area is 142 Å². The minimum absolute atomic E-state index is 0.0193. The van der Waals surface area contributed by atoms with E-state index in [9.17, 15) is 14.7 Å². The third-order valence-electron chi connectivity index (χ3n) is 4.97. The number of carbonyl (C=O) groups excluding carboxylic acids is 2. The quantitative estimate of drug-likeness (QED) is 0.835. The number of aryl methyl sites for hydroxylation is 2. The van der Waals surface area contributed by atoms with E-state index in [1.807, 2.05) is 32.9 Å². The van der Waals surface area contributed by atoms with Crippen LogP contribution in [0, 0.1) is 20.8 Å². The fraction of sp³-hybridized carbons (Fsp3) is 0.556. The zero-order valence-corrected chi connectivity index (χ0v) is 14.4.